The summed E-state index contributed by atoms with van der Waals surface area (Å²) >= 11 is 1.52. The zero-order valence-electron chi connectivity index (χ0n) is 20.2. The van der Waals surface area contributed by atoms with Gasteiger partial charge in [-0.2, -0.15) is 0 Å². The fraction of sp³-hybridized carbons (Fsp3) is 0.296. The van der Waals surface area contributed by atoms with E-state index in [0.717, 1.165) is 34.9 Å². The molecule has 0 spiro atoms. The minimum Gasteiger partial charge on any atom is -0.345 e. The highest BCUT2D eigenvalue weighted by Crippen LogP contribution is 2.44. The van der Waals surface area contributed by atoms with E-state index in [1.165, 1.54) is 24.4 Å². The van der Waals surface area contributed by atoms with E-state index in [2.05, 4.69) is 40.1 Å². The summed E-state index contributed by atoms with van der Waals surface area (Å²) in [6.45, 7) is 2.06. The smallest absolute Gasteiger partial charge is 0.261 e. The van der Waals surface area contributed by atoms with Gasteiger partial charge < -0.3 is 15.0 Å². The van der Waals surface area contributed by atoms with Gasteiger partial charge in [-0.1, -0.05) is 48.9 Å². The lowest BCUT2D eigenvalue weighted by Gasteiger charge is -2.28. The largest absolute Gasteiger partial charge is 0.345 e. The number of nitrogens with zero attached hydrogens (tertiary/aromatic N) is 1. The van der Waals surface area contributed by atoms with E-state index in [1.54, 1.807) is 6.07 Å². The molecule has 8 nitrogen and oxygen atoms in total. The lowest BCUT2D eigenvalue weighted by atomic mass is 9.77. The van der Waals surface area contributed by atoms with Crippen LogP contribution in [0.4, 0.5) is 0 Å². The van der Waals surface area contributed by atoms with Crippen molar-refractivity contribution in [3.63, 3.8) is 0 Å². The Morgan fingerprint density at radius 1 is 1.16 bits per heavy atom. The highest BCUT2D eigenvalue weighted by Gasteiger charge is 2.36. The van der Waals surface area contributed by atoms with Crippen molar-refractivity contribution in [3.05, 3.63) is 92.6 Å². The summed E-state index contributed by atoms with van der Waals surface area (Å²) in [5, 5.41) is 4.44. The first-order valence-electron chi connectivity index (χ1n) is 12.2. The van der Waals surface area contributed by atoms with Crippen LogP contribution < -0.4 is 15.6 Å². The number of aliphatic imine (C=N–C) groups is 1. The first-order chi connectivity index (χ1) is 17.7. The molecule has 37 heavy (non-hydrogen) atoms. The van der Waals surface area contributed by atoms with Gasteiger partial charge in [-0.3, -0.25) is 9.59 Å². The number of pyridine rings is 1. The molecule has 3 aliphatic rings. The first-order valence-corrected chi connectivity index (χ1v) is 14.8. The molecule has 2 atom stereocenters. The topological polar surface area (TPSA) is 120 Å². The van der Waals surface area contributed by atoms with Crippen LogP contribution in [0, 0.1) is 0 Å². The summed E-state index contributed by atoms with van der Waals surface area (Å²) in [5.41, 5.74) is 3.12. The second-order valence-corrected chi connectivity index (χ2v) is 13.0. The maximum Gasteiger partial charge on any atom is 0.261 e. The van der Waals surface area contributed by atoms with Crippen molar-refractivity contribution >= 4 is 44.4 Å². The summed E-state index contributed by atoms with van der Waals surface area (Å²) in [7, 11) is -3.33. The number of hydrogen-bond donors (Lipinski definition) is 3. The summed E-state index contributed by atoms with van der Waals surface area (Å²) in [5.74, 6) is 0.281. The van der Waals surface area contributed by atoms with Gasteiger partial charge in [-0.05, 0) is 66.3 Å². The Morgan fingerprint density at radius 3 is 2.62 bits per heavy atom. The van der Waals surface area contributed by atoms with E-state index in [9.17, 15) is 18.0 Å². The summed E-state index contributed by atoms with van der Waals surface area (Å²) in [6, 6.07) is 15.0. The summed E-state index contributed by atoms with van der Waals surface area (Å²) in [4.78, 5) is 33.5. The molecule has 3 aromatic rings. The van der Waals surface area contributed by atoms with Crippen LogP contribution in [0.5, 0.6) is 0 Å². The van der Waals surface area contributed by atoms with Gasteiger partial charge >= 0.3 is 0 Å². The molecule has 1 aliphatic carbocycles. The van der Waals surface area contributed by atoms with Crippen LogP contribution in [0.1, 0.15) is 59.2 Å². The van der Waals surface area contributed by atoms with Crippen molar-refractivity contribution in [1.82, 2.24) is 15.0 Å². The predicted molar refractivity (Wildman–Crippen MR) is 146 cm³/mol. The molecule has 0 radical (unpaired) electrons. The fourth-order valence-electron chi connectivity index (χ4n) is 5.07. The van der Waals surface area contributed by atoms with Crippen LogP contribution in [0.3, 0.4) is 0 Å². The molecule has 3 heterocycles. The number of nitrogens with one attached hydrogen (secondary N) is 3. The normalized spacial score (nSPS) is 24.5. The van der Waals surface area contributed by atoms with E-state index in [4.69, 9.17) is 4.99 Å². The maximum atomic E-state index is 13.1. The van der Waals surface area contributed by atoms with Gasteiger partial charge in [0.2, 0.25) is 0 Å². The quantitative estimate of drug-likeness (QED) is 0.429. The van der Waals surface area contributed by atoms with Gasteiger partial charge in [0.25, 0.3) is 11.5 Å². The molecule has 0 bridgehead atoms. The van der Waals surface area contributed by atoms with Crippen LogP contribution in [0.2, 0.25) is 0 Å². The van der Waals surface area contributed by atoms with Crippen LogP contribution in [0.15, 0.2) is 69.8 Å². The van der Waals surface area contributed by atoms with Crippen LogP contribution in [0.25, 0.3) is 10.9 Å². The Morgan fingerprint density at radius 2 is 1.95 bits per heavy atom. The third-order valence-electron chi connectivity index (χ3n) is 7.31. The Hall–Kier alpha value is -3.37. The van der Waals surface area contributed by atoms with Crippen molar-refractivity contribution in [2.45, 2.75) is 43.0 Å². The SMILES string of the molecule is CC1(c2ccccc2)N=C(c2c(C3CCC3)ccc3cc(C(=O)N[C@@H]4C=CS(=O)(=O)C4)c(=O)[nH]c23)NS1. The van der Waals surface area contributed by atoms with Crippen LogP contribution >= 0.6 is 11.9 Å². The first kappa shape index (κ1) is 24.0. The number of carbonyl (C=O) groups excluding carboxylic acids is 1. The Kier molecular flexibility index (Phi) is 5.76. The number of aromatic amines is 1. The molecule has 1 aromatic heterocycles. The second kappa shape index (κ2) is 8.88. The van der Waals surface area contributed by atoms with Gasteiger partial charge in [0, 0.05) is 11.0 Å². The molecule has 10 heteroatoms. The monoisotopic (exact) mass is 534 g/mol. The molecule has 0 saturated heterocycles. The van der Waals surface area contributed by atoms with E-state index in [0.29, 0.717) is 22.7 Å². The Labute approximate surface area is 218 Å². The van der Waals surface area contributed by atoms with Crippen molar-refractivity contribution < 1.29 is 13.2 Å². The summed E-state index contributed by atoms with van der Waals surface area (Å²) < 4.78 is 26.8. The maximum absolute atomic E-state index is 13.1. The molecule has 1 fully saturated rings. The number of carbonyl (C=O) groups is 1. The van der Waals surface area contributed by atoms with Crippen molar-refractivity contribution in [2.24, 2.45) is 4.99 Å². The predicted octanol–water partition coefficient (Wildman–Crippen LogP) is 3.71. The van der Waals surface area contributed by atoms with E-state index in [-0.39, 0.29) is 11.3 Å². The fourth-order valence-corrected chi connectivity index (χ4v) is 7.14. The minimum absolute atomic E-state index is 0.0580. The molecule has 2 aromatic carbocycles. The lowest BCUT2D eigenvalue weighted by molar-refractivity contribution is 0.0946. The molecule has 1 amide bonds. The average Bonchev–Trinajstić information content (AvgIpc) is 3.40. The zero-order valence-corrected chi connectivity index (χ0v) is 21.8. The van der Waals surface area contributed by atoms with Crippen molar-refractivity contribution in [3.8, 4) is 0 Å². The number of rotatable bonds is 5. The minimum atomic E-state index is -3.33. The van der Waals surface area contributed by atoms with Crippen molar-refractivity contribution in [2.75, 3.05) is 5.75 Å². The number of amidine groups is 1. The van der Waals surface area contributed by atoms with Gasteiger partial charge in [0.1, 0.15) is 16.3 Å². The van der Waals surface area contributed by atoms with E-state index < -0.39 is 32.2 Å². The standard InChI is InChI=1S/C27H26N4O4S2/c1-27(18-8-3-2-4-9-18)30-24(31-36-27)22-20(16-6-5-7-16)11-10-17-14-21(26(33)29-23(17)22)25(32)28-19-12-13-37(34,35)15-19/h2-4,8-14,16,19H,5-7,15H2,1H3,(H,28,32)(H,29,33)(H,30,31)/t19-,27?/m1/s1. The lowest BCUT2D eigenvalue weighted by Crippen LogP contribution is -2.38. The number of H-pyrrole nitrogens is 1. The Balaban J connectivity index is 1.42. The summed E-state index contributed by atoms with van der Waals surface area (Å²) in [6.07, 6.45) is 4.76. The van der Waals surface area contributed by atoms with E-state index >= 15 is 0 Å². The molecule has 190 valence electrons. The number of aromatic nitrogens is 1. The molecule has 6 rings (SSSR count). The van der Waals surface area contributed by atoms with Crippen LogP contribution in [-0.2, 0) is 14.7 Å². The average molecular weight is 535 g/mol. The second-order valence-electron chi connectivity index (χ2n) is 9.89. The van der Waals surface area contributed by atoms with Crippen LogP contribution in [-0.4, -0.2) is 36.9 Å². The molecule has 1 saturated carbocycles. The highest BCUT2D eigenvalue weighted by molar-refractivity contribution is 7.99. The number of sulfone groups is 1. The number of benzene rings is 2. The molecule has 3 N–H and O–H groups in total. The number of fused-ring (bicyclic) bond motifs is 1. The molecule has 1 unspecified atom stereocenters. The van der Waals surface area contributed by atoms with Gasteiger partial charge in [-0.15, -0.1) is 0 Å². The van der Waals surface area contributed by atoms with Gasteiger partial charge in [0.05, 0.1) is 17.3 Å². The third kappa shape index (κ3) is 4.38. The molecular formula is C27H26N4O4S2. The number of hydrogen-bond acceptors (Lipinski definition) is 7. The molecular weight excluding hydrogens is 508 g/mol. The van der Waals surface area contributed by atoms with E-state index in [1.807, 2.05) is 24.3 Å². The van der Waals surface area contributed by atoms with Gasteiger partial charge in [0.15, 0.2) is 9.84 Å². The third-order valence-corrected chi connectivity index (χ3v) is 9.72. The highest BCUT2D eigenvalue weighted by atomic mass is 32.2. The Bertz CT molecular complexity index is 1640. The molecule has 2 aliphatic heterocycles. The van der Waals surface area contributed by atoms with Crippen molar-refractivity contribution in [1.29, 1.82) is 0 Å². The number of amides is 1. The van der Waals surface area contributed by atoms with Gasteiger partial charge in [-0.25, -0.2) is 13.4 Å². The zero-order chi connectivity index (χ0) is 25.8.